The third-order valence-corrected chi connectivity index (χ3v) is 5.68. The summed E-state index contributed by atoms with van der Waals surface area (Å²) < 4.78 is 11.2. The number of fused-ring (bicyclic) bond motifs is 1. The van der Waals surface area contributed by atoms with Crippen LogP contribution in [0.1, 0.15) is 18.6 Å². The Morgan fingerprint density at radius 2 is 2.12 bits per heavy atom. The van der Waals surface area contributed by atoms with Crippen molar-refractivity contribution < 1.29 is 9.15 Å². The molecule has 1 saturated carbocycles. The predicted molar refractivity (Wildman–Crippen MR) is 103 cm³/mol. The molecule has 0 spiro atoms. The summed E-state index contributed by atoms with van der Waals surface area (Å²) in [4.78, 5) is 6.96. The second-order valence-electron chi connectivity index (χ2n) is 7.37. The van der Waals surface area contributed by atoms with Crippen LogP contribution in [-0.4, -0.2) is 48.8 Å². The standard InChI is InChI=1S/C21H27N3O2/c1-25-20-13-17-15-24(10-4-6-18-7-5-11-26-18)14-16(17)12-19(20)23-21-8-2-3-9-22-21/h2-9,11,16-17,19-20H,10,12-15H2,1H3,(H,22,23)/b6-4+/t16-,17+,19-,20-/m1/s1. The SMILES string of the molecule is CO[C@@H]1C[C@H]2CN(C/C=C/c3ccco3)C[C@H]2C[C@H]1Nc1ccccn1. The molecule has 138 valence electrons. The smallest absolute Gasteiger partial charge is 0.126 e. The fraction of sp³-hybridized carbons (Fsp3) is 0.476. The molecule has 0 bridgehead atoms. The van der Waals surface area contributed by atoms with Crippen molar-refractivity contribution in [3.63, 3.8) is 0 Å². The van der Waals surface area contributed by atoms with Crippen LogP contribution in [0.3, 0.4) is 0 Å². The van der Waals surface area contributed by atoms with E-state index in [0.29, 0.717) is 6.04 Å². The number of hydrogen-bond donors (Lipinski definition) is 1. The number of nitrogens with zero attached hydrogens (tertiary/aromatic N) is 2. The second kappa shape index (κ2) is 8.06. The molecule has 2 aromatic heterocycles. The van der Waals surface area contributed by atoms with Crippen molar-refractivity contribution in [3.05, 3.63) is 54.6 Å². The van der Waals surface area contributed by atoms with E-state index in [1.54, 1.807) is 6.26 Å². The summed E-state index contributed by atoms with van der Waals surface area (Å²) in [5.74, 6) is 3.30. The highest BCUT2D eigenvalue weighted by atomic mass is 16.5. The Morgan fingerprint density at radius 3 is 2.85 bits per heavy atom. The van der Waals surface area contributed by atoms with E-state index in [1.807, 2.05) is 43.6 Å². The molecule has 5 heteroatoms. The van der Waals surface area contributed by atoms with Gasteiger partial charge < -0.3 is 14.5 Å². The van der Waals surface area contributed by atoms with Crippen LogP contribution in [0.25, 0.3) is 6.08 Å². The van der Waals surface area contributed by atoms with Gasteiger partial charge in [-0.05, 0) is 55.0 Å². The van der Waals surface area contributed by atoms with Crippen LogP contribution in [0.15, 0.2) is 53.3 Å². The highest BCUT2D eigenvalue weighted by molar-refractivity contribution is 5.42. The molecule has 2 fully saturated rings. The quantitative estimate of drug-likeness (QED) is 0.861. The Morgan fingerprint density at radius 1 is 1.23 bits per heavy atom. The largest absolute Gasteiger partial charge is 0.465 e. The van der Waals surface area contributed by atoms with Gasteiger partial charge in [0, 0.05) is 32.9 Å². The average Bonchev–Trinajstić information content (AvgIpc) is 3.31. The number of likely N-dealkylation sites (tertiary alicyclic amines) is 1. The minimum atomic E-state index is 0.247. The van der Waals surface area contributed by atoms with Gasteiger partial charge in [0.05, 0.1) is 18.4 Å². The number of nitrogens with one attached hydrogen (secondary N) is 1. The van der Waals surface area contributed by atoms with Gasteiger partial charge in [-0.15, -0.1) is 0 Å². The van der Waals surface area contributed by atoms with Gasteiger partial charge in [0.25, 0.3) is 0 Å². The molecule has 1 aliphatic carbocycles. The maximum absolute atomic E-state index is 5.81. The van der Waals surface area contributed by atoms with Crippen LogP contribution < -0.4 is 5.32 Å². The number of pyridine rings is 1. The van der Waals surface area contributed by atoms with Gasteiger partial charge in [0.1, 0.15) is 11.6 Å². The van der Waals surface area contributed by atoms with Crippen LogP contribution in [0, 0.1) is 11.8 Å². The summed E-state index contributed by atoms with van der Waals surface area (Å²) in [5.41, 5.74) is 0. The molecule has 2 aromatic rings. The van der Waals surface area contributed by atoms with Crippen molar-refractivity contribution in [3.8, 4) is 0 Å². The Hall–Kier alpha value is -2.11. The number of aromatic nitrogens is 1. The predicted octanol–water partition coefficient (Wildman–Crippen LogP) is 3.53. The lowest BCUT2D eigenvalue weighted by Gasteiger charge is -2.37. The zero-order valence-corrected chi connectivity index (χ0v) is 15.3. The summed E-state index contributed by atoms with van der Waals surface area (Å²) in [6, 6.07) is 10.2. The Labute approximate surface area is 155 Å². The van der Waals surface area contributed by atoms with Gasteiger partial charge in [-0.3, -0.25) is 4.90 Å². The van der Waals surface area contributed by atoms with E-state index in [-0.39, 0.29) is 6.10 Å². The van der Waals surface area contributed by atoms with Gasteiger partial charge in [-0.2, -0.15) is 0 Å². The molecule has 1 aliphatic heterocycles. The summed E-state index contributed by atoms with van der Waals surface area (Å²) in [7, 11) is 1.83. The molecule has 0 radical (unpaired) electrons. The van der Waals surface area contributed by atoms with Crippen LogP contribution in [-0.2, 0) is 4.74 Å². The van der Waals surface area contributed by atoms with E-state index < -0.39 is 0 Å². The second-order valence-corrected chi connectivity index (χ2v) is 7.37. The summed E-state index contributed by atoms with van der Waals surface area (Å²) in [6.07, 6.45) is 10.3. The zero-order chi connectivity index (χ0) is 17.8. The van der Waals surface area contributed by atoms with Gasteiger partial charge in [-0.25, -0.2) is 4.98 Å². The first-order chi connectivity index (χ1) is 12.8. The third-order valence-electron chi connectivity index (χ3n) is 5.68. The van der Waals surface area contributed by atoms with Crippen molar-refractivity contribution in [2.75, 3.05) is 32.1 Å². The fourth-order valence-electron chi connectivity index (χ4n) is 4.41. The van der Waals surface area contributed by atoms with Crippen LogP contribution >= 0.6 is 0 Å². The molecule has 3 heterocycles. The minimum absolute atomic E-state index is 0.247. The molecule has 4 atom stereocenters. The first kappa shape index (κ1) is 17.3. The number of methoxy groups -OCH3 is 1. The number of anilines is 1. The summed E-state index contributed by atoms with van der Waals surface area (Å²) in [6.45, 7) is 3.29. The topological polar surface area (TPSA) is 50.5 Å². The van der Waals surface area contributed by atoms with Crippen molar-refractivity contribution in [2.45, 2.75) is 25.0 Å². The van der Waals surface area contributed by atoms with Crippen LogP contribution in [0.4, 0.5) is 5.82 Å². The average molecular weight is 353 g/mol. The maximum atomic E-state index is 5.81. The van der Waals surface area contributed by atoms with E-state index in [0.717, 1.165) is 55.9 Å². The Bertz CT molecular complexity index is 701. The summed E-state index contributed by atoms with van der Waals surface area (Å²) in [5, 5.41) is 3.59. The van der Waals surface area contributed by atoms with E-state index in [4.69, 9.17) is 9.15 Å². The molecule has 4 rings (SSSR count). The third kappa shape index (κ3) is 4.00. The molecule has 1 saturated heterocycles. The van der Waals surface area contributed by atoms with Crippen LogP contribution in [0.5, 0.6) is 0 Å². The number of rotatable bonds is 6. The molecule has 2 aliphatic rings. The molecule has 5 nitrogen and oxygen atoms in total. The number of furan rings is 1. The number of hydrogen-bond acceptors (Lipinski definition) is 5. The highest BCUT2D eigenvalue weighted by Gasteiger charge is 2.42. The highest BCUT2D eigenvalue weighted by Crippen LogP contribution is 2.38. The lowest BCUT2D eigenvalue weighted by Crippen LogP contribution is -2.44. The lowest BCUT2D eigenvalue weighted by atomic mass is 9.77. The first-order valence-corrected chi connectivity index (χ1v) is 9.44. The van der Waals surface area contributed by atoms with Crippen molar-refractivity contribution >= 4 is 11.9 Å². The Kier molecular flexibility index (Phi) is 5.37. The molecule has 1 N–H and O–H groups in total. The summed E-state index contributed by atoms with van der Waals surface area (Å²) >= 11 is 0. The van der Waals surface area contributed by atoms with E-state index in [1.165, 1.54) is 0 Å². The van der Waals surface area contributed by atoms with E-state index >= 15 is 0 Å². The van der Waals surface area contributed by atoms with Gasteiger partial charge in [0.15, 0.2) is 0 Å². The van der Waals surface area contributed by atoms with Crippen LogP contribution in [0.2, 0.25) is 0 Å². The minimum Gasteiger partial charge on any atom is -0.465 e. The Balaban J connectivity index is 1.34. The zero-order valence-electron chi connectivity index (χ0n) is 15.3. The molecule has 0 amide bonds. The molecule has 0 unspecified atom stereocenters. The van der Waals surface area contributed by atoms with Crippen molar-refractivity contribution in [1.82, 2.24) is 9.88 Å². The normalized spacial score (nSPS) is 29.1. The number of ether oxygens (including phenoxy) is 1. The van der Waals surface area contributed by atoms with Gasteiger partial charge >= 0.3 is 0 Å². The monoisotopic (exact) mass is 353 g/mol. The van der Waals surface area contributed by atoms with Crippen molar-refractivity contribution in [1.29, 1.82) is 0 Å². The van der Waals surface area contributed by atoms with E-state index in [9.17, 15) is 0 Å². The fourth-order valence-corrected chi connectivity index (χ4v) is 4.41. The van der Waals surface area contributed by atoms with Gasteiger partial charge in [0.2, 0.25) is 0 Å². The maximum Gasteiger partial charge on any atom is 0.126 e. The van der Waals surface area contributed by atoms with Gasteiger partial charge in [-0.1, -0.05) is 12.1 Å². The lowest BCUT2D eigenvalue weighted by molar-refractivity contribution is 0.0304. The van der Waals surface area contributed by atoms with Crippen molar-refractivity contribution in [2.24, 2.45) is 11.8 Å². The molecule has 0 aromatic carbocycles. The molecule has 26 heavy (non-hydrogen) atoms. The van der Waals surface area contributed by atoms with E-state index in [2.05, 4.69) is 27.4 Å². The molecular formula is C21H27N3O2. The molecular weight excluding hydrogens is 326 g/mol. The first-order valence-electron chi connectivity index (χ1n) is 9.44.